The van der Waals surface area contributed by atoms with E-state index in [-0.39, 0.29) is 11.4 Å². The first-order valence-corrected chi connectivity index (χ1v) is 8.80. The third kappa shape index (κ3) is 4.48. The van der Waals surface area contributed by atoms with Crippen molar-refractivity contribution in [2.24, 2.45) is 5.10 Å². The van der Waals surface area contributed by atoms with Gasteiger partial charge in [-0.15, -0.1) is 0 Å². The summed E-state index contributed by atoms with van der Waals surface area (Å²) in [6.07, 6.45) is 3.26. The van der Waals surface area contributed by atoms with E-state index in [1.54, 1.807) is 19.1 Å². The maximum Gasteiger partial charge on any atom is 0.274 e. The minimum atomic E-state index is -0.975. The Kier molecular flexibility index (Phi) is 5.78. The van der Waals surface area contributed by atoms with E-state index in [2.05, 4.69) is 10.5 Å². The smallest absolute Gasteiger partial charge is 0.274 e. The summed E-state index contributed by atoms with van der Waals surface area (Å²) < 4.78 is 41.0. The molecule has 0 spiro atoms. The van der Waals surface area contributed by atoms with Gasteiger partial charge in [-0.3, -0.25) is 4.79 Å². The highest BCUT2D eigenvalue weighted by Gasteiger charge is 2.16. The predicted octanol–water partition coefficient (Wildman–Crippen LogP) is 4.25. The molecule has 1 N–H and O–H groups in total. The second kappa shape index (κ2) is 8.24. The zero-order valence-corrected chi connectivity index (χ0v) is 14.9. The first-order valence-electron chi connectivity index (χ1n) is 8.80. The highest BCUT2D eigenvalue weighted by atomic mass is 19.1. The lowest BCUT2D eigenvalue weighted by molar-refractivity contribution is 0.0950. The monoisotopic (exact) mass is 375 g/mol. The summed E-state index contributed by atoms with van der Waals surface area (Å²) in [5.74, 6) is -2.90. The van der Waals surface area contributed by atoms with Crippen molar-refractivity contribution in [2.75, 3.05) is 18.0 Å². The van der Waals surface area contributed by atoms with Gasteiger partial charge in [0.2, 0.25) is 0 Å². The SMILES string of the molecule is C/C(=N/NC(=O)c1ccc(F)cc1F)c1ccc(N2CCCCC2)c(F)c1. The second-order valence-electron chi connectivity index (χ2n) is 6.48. The van der Waals surface area contributed by atoms with Gasteiger partial charge in [-0.1, -0.05) is 6.07 Å². The lowest BCUT2D eigenvalue weighted by Gasteiger charge is -2.29. The van der Waals surface area contributed by atoms with Crippen molar-refractivity contribution < 1.29 is 18.0 Å². The highest BCUT2D eigenvalue weighted by Crippen LogP contribution is 2.24. The van der Waals surface area contributed by atoms with Gasteiger partial charge in [0, 0.05) is 24.7 Å². The maximum atomic E-state index is 14.5. The van der Waals surface area contributed by atoms with E-state index >= 15 is 0 Å². The van der Waals surface area contributed by atoms with Crippen molar-refractivity contribution in [2.45, 2.75) is 26.2 Å². The fraction of sp³-hybridized carbons (Fsp3) is 0.300. The molecule has 3 rings (SSSR count). The average Bonchev–Trinajstić information content (AvgIpc) is 2.66. The van der Waals surface area contributed by atoms with E-state index in [1.807, 2.05) is 4.90 Å². The van der Waals surface area contributed by atoms with E-state index in [0.717, 1.165) is 44.5 Å². The first kappa shape index (κ1) is 18.9. The van der Waals surface area contributed by atoms with Gasteiger partial charge < -0.3 is 4.90 Å². The third-order valence-corrected chi connectivity index (χ3v) is 4.56. The molecule has 1 aliphatic rings. The van der Waals surface area contributed by atoms with E-state index in [4.69, 9.17) is 0 Å². The van der Waals surface area contributed by atoms with Crippen LogP contribution in [0.1, 0.15) is 42.1 Å². The van der Waals surface area contributed by atoms with E-state index < -0.39 is 17.5 Å². The fourth-order valence-corrected chi connectivity index (χ4v) is 3.06. The number of hydrogen-bond acceptors (Lipinski definition) is 3. The van der Waals surface area contributed by atoms with Crippen molar-refractivity contribution in [3.05, 3.63) is 65.0 Å². The summed E-state index contributed by atoms with van der Waals surface area (Å²) in [5, 5.41) is 3.89. The Labute approximate surface area is 155 Å². The van der Waals surface area contributed by atoms with Crippen LogP contribution in [0.25, 0.3) is 0 Å². The van der Waals surface area contributed by atoms with Crippen LogP contribution in [0, 0.1) is 17.5 Å². The third-order valence-electron chi connectivity index (χ3n) is 4.56. The topological polar surface area (TPSA) is 44.7 Å². The van der Waals surface area contributed by atoms with Crippen molar-refractivity contribution in [3.63, 3.8) is 0 Å². The van der Waals surface area contributed by atoms with Gasteiger partial charge in [-0.2, -0.15) is 5.10 Å². The zero-order chi connectivity index (χ0) is 19.4. The quantitative estimate of drug-likeness (QED) is 0.641. The summed E-state index contributed by atoms with van der Waals surface area (Å²) in [5.41, 5.74) is 3.33. The van der Waals surface area contributed by atoms with Crippen LogP contribution in [0.15, 0.2) is 41.5 Å². The molecule has 0 bridgehead atoms. The molecule has 0 radical (unpaired) electrons. The van der Waals surface area contributed by atoms with E-state index in [1.165, 1.54) is 6.07 Å². The molecular formula is C20H20F3N3O. The first-order chi connectivity index (χ1) is 13.0. The maximum absolute atomic E-state index is 14.5. The second-order valence-corrected chi connectivity index (χ2v) is 6.48. The number of hydrazone groups is 1. The number of carbonyl (C=O) groups excluding carboxylic acids is 1. The van der Waals surface area contributed by atoms with Crippen LogP contribution in [-0.2, 0) is 0 Å². The number of rotatable bonds is 4. The molecule has 2 aromatic rings. The van der Waals surface area contributed by atoms with E-state index in [9.17, 15) is 18.0 Å². The van der Waals surface area contributed by atoms with Gasteiger partial charge in [0.05, 0.1) is 17.0 Å². The highest BCUT2D eigenvalue weighted by molar-refractivity contribution is 6.01. The van der Waals surface area contributed by atoms with Crippen LogP contribution in [0.3, 0.4) is 0 Å². The molecule has 1 amide bonds. The van der Waals surface area contributed by atoms with Gasteiger partial charge in [0.1, 0.15) is 17.5 Å². The fourth-order valence-electron chi connectivity index (χ4n) is 3.06. The summed E-state index contributed by atoms with van der Waals surface area (Å²) in [4.78, 5) is 14.0. The van der Waals surface area contributed by atoms with Crippen molar-refractivity contribution >= 4 is 17.3 Å². The molecule has 0 unspecified atom stereocenters. The predicted molar refractivity (Wildman–Crippen MR) is 98.5 cm³/mol. The Morgan fingerprint density at radius 1 is 1.00 bits per heavy atom. The van der Waals surface area contributed by atoms with Gasteiger partial charge in [0.25, 0.3) is 5.91 Å². The number of halogens is 3. The van der Waals surface area contributed by atoms with Gasteiger partial charge in [0.15, 0.2) is 0 Å². The lowest BCUT2D eigenvalue weighted by Crippen LogP contribution is -2.30. The number of nitrogens with one attached hydrogen (secondary N) is 1. The molecule has 4 nitrogen and oxygen atoms in total. The molecule has 27 heavy (non-hydrogen) atoms. The summed E-state index contributed by atoms with van der Waals surface area (Å²) in [6.45, 7) is 3.28. The molecule has 142 valence electrons. The van der Waals surface area contributed by atoms with Crippen LogP contribution in [-0.4, -0.2) is 24.7 Å². The molecule has 1 heterocycles. The molecule has 1 saturated heterocycles. The molecule has 0 saturated carbocycles. The number of amides is 1. The number of carbonyl (C=O) groups is 1. The minimum Gasteiger partial charge on any atom is -0.369 e. The Morgan fingerprint density at radius 2 is 1.74 bits per heavy atom. The minimum absolute atomic E-state index is 0.320. The average molecular weight is 375 g/mol. The van der Waals surface area contributed by atoms with Gasteiger partial charge >= 0.3 is 0 Å². The van der Waals surface area contributed by atoms with Gasteiger partial charge in [-0.25, -0.2) is 18.6 Å². The number of nitrogens with zero attached hydrogens (tertiary/aromatic N) is 2. The molecule has 2 aromatic carbocycles. The van der Waals surface area contributed by atoms with Crippen LogP contribution < -0.4 is 10.3 Å². The van der Waals surface area contributed by atoms with Crippen molar-refractivity contribution in [1.29, 1.82) is 0 Å². The van der Waals surface area contributed by atoms with Crippen LogP contribution in [0.2, 0.25) is 0 Å². The Balaban J connectivity index is 1.72. The number of hydrogen-bond donors (Lipinski definition) is 1. The molecule has 1 fully saturated rings. The standard InChI is InChI=1S/C20H20F3N3O/c1-13(24-25-20(27)16-7-6-15(21)12-17(16)22)14-5-8-19(18(23)11-14)26-9-3-2-4-10-26/h5-8,11-12H,2-4,9-10H2,1H3,(H,25,27)/b24-13-. The Morgan fingerprint density at radius 3 is 2.41 bits per heavy atom. The Bertz CT molecular complexity index is 877. The van der Waals surface area contributed by atoms with Crippen molar-refractivity contribution in [1.82, 2.24) is 5.43 Å². The largest absolute Gasteiger partial charge is 0.369 e. The molecule has 0 aromatic heterocycles. The normalized spacial score (nSPS) is 15.0. The number of benzene rings is 2. The molecular weight excluding hydrogens is 355 g/mol. The molecule has 0 aliphatic carbocycles. The number of anilines is 1. The molecule has 1 aliphatic heterocycles. The van der Waals surface area contributed by atoms with Crippen LogP contribution in [0.4, 0.5) is 18.9 Å². The molecule has 0 atom stereocenters. The summed E-state index contributed by atoms with van der Waals surface area (Å²) >= 11 is 0. The zero-order valence-electron chi connectivity index (χ0n) is 14.9. The van der Waals surface area contributed by atoms with Gasteiger partial charge in [-0.05, 0) is 50.5 Å². The van der Waals surface area contributed by atoms with Crippen LogP contribution >= 0.6 is 0 Å². The Hall–Kier alpha value is -2.83. The van der Waals surface area contributed by atoms with E-state index in [0.29, 0.717) is 23.0 Å². The lowest BCUT2D eigenvalue weighted by atomic mass is 10.1. The summed E-state index contributed by atoms with van der Waals surface area (Å²) in [6, 6.07) is 7.46. The van der Waals surface area contributed by atoms with Crippen LogP contribution in [0.5, 0.6) is 0 Å². The number of piperidine rings is 1. The molecule has 7 heteroatoms. The summed E-state index contributed by atoms with van der Waals surface area (Å²) in [7, 11) is 0. The van der Waals surface area contributed by atoms with Crippen molar-refractivity contribution in [3.8, 4) is 0 Å².